The Labute approximate surface area is 198 Å². The van der Waals surface area contributed by atoms with Gasteiger partial charge in [0.15, 0.2) is 0 Å². The van der Waals surface area contributed by atoms with Crippen molar-refractivity contribution in [2.24, 2.45) is 11.3 Å². The van der Waals surface area contributed by atoms with Crippen molar-refractivity contribution in [2.75, 3.05) is 11.9 Å². The summed E-state index contributed by atoms with van der Waals surface area (Å²) in [6.07, 6.45) is 3.69. The lowest BCUT2D eigenvalue weighted by atomic mass is 9.66. The van der Waals surface area contributed by atoms with Crippen molar-refractivity contribution < 1.29 is 23.4 Å². The number of benzene rings is 1. The third kappa shape index (κ3) is 5.91. The van der Waals surface area contributed by atoms with Gasteiger partial charge in [0.25, 0.3) is 5.56 Å². The summed E-state index contributed by atoms with van der Waals surface area (Å²) in [6, 6.07) is 4.06. The molecular weight excluding hydrogens is 442 g/mol. The molecular formula is C26H32F2N2O4. The molecule has 0 aliphatic heterocycles. The number of carbonyl (C=O) groups is 1. The van der Waals surface area contributed by atoms with Gasteiger partial charge >= 0.3 is 6.09 Å². The van der Waals surface area contributed by atoms with E-state index < -0.39 is 17.7 Å². The van der Waals surface area contributed by atoms with E-state index in [2.05, 4.69) is 25.2 Å². The smallest absolute Gasteiger partial charge is 0.410 e. The number of ether oxygens (including phenoxy) is 1. The molecule has 1 aromatic heterocycles. The zero-order chi connectivity index (χ0) is 25.0. The van der Waals surface area contributed by atoms with Gasteiger partial charge in [0.05, 0.1) is 5.69 Å². The second kappa shape index (κ2) is 10.5. The molecule has 1 atom stereocenters. The van der Waals surface area contributed by atoms with Crippen molar-refractivity contribution in [2.45, 2.75) is 59.9 Å². The Balaban J connectivity index is 1.98. The molecule has 8 heteroatoms. The van der Waals surface area contributed by atoms with Gasteiger partial charge < -0.3 is 14.4 Å². The van der Waals surface area contributed by atoms with Gasteiger partial charge in [0, 0.05) is 36.5 Å². The number of anilines is 1. The molecule has 0 spiro atoms. The summed E-state index contributed by atoms with van der Waals surface area (Å²) in [5.41, 5.74) is 2.10. The lowest BCUT2D eigenvalue weighted by molar-refractivity contribution is 0.182. The number of aromatic nitrogens is 1. The summed E-state index contributed by atoms with van der Waals surface area (Å²) in [6.45, 7) is 8.74. The van der Waals surface area contributed by atoms with Crippen LogP contribution >= 0.6 is 0 Å². The summed E-state index contributed by atoms with van der Waals surface area (Å²) >= 11 is 0. The standard InChI is InChI=1S/C26H32F2N2O4/c1-16(2)6-7-17-12-19-22(15-26(17,3)4)30(10-5-11-31)24(32)14-23(19)34-25(33)29-21-9-8-18(27)13-20(21)28/h6,8-9,13-14,17,31H,5,7,10-12,15H2,1-4H3,(H,29,33). The molecule has 0 saturated heterocycles. The summed E-state index contributed by atoms with van der Waals surface area (Å²) in [4.78, 5) is 25.5. The first-order valence-corrected chi connectivity index (χ1v) is 11.5. The van der Waals surface area contributed by atoms with Crippen LogP contribution in [0.5, 0.6) is 5.75 Å². The number of hydrogen-bond acceptors (Lipinski definition) is 4. The number of amides is 1. The monoisotopic (exact) mass is 474 g/mol. The minimum atomic E-state index is -0.967. The Kier molecular flexibility index (Phi) is 7.92. The number of allylic oxidation sites excluding steroid dienone is 2. The van der Waals surface area contributed by atoms with Crippen LogP contribution in [0.2, 0.25) is 0 Å². The lowest BCUT2D eigenvalue weighted by Crippen LogP contribution is -2.38. The van der Waals surface area contributed by atoms with Crippen LogP contribution in [-0.2, 0) is 19.4 Å². The third-order valence-corrected chi connectivity index (χ3v) is 6.39. The van der Waals surface area contributed by atoms with Gasteiger partial charge in [-0.15, -0.1) is 0 Å². The highest BCUT2D eigenvalue weighted by Gasteiger charge is 2.38. The fourth-order valence-electron chi connectivity index (χ4n) is 4.41. The minimum Gasteiger partial charge on any atom is -0.410 e. The third-order valence-electron chi connectivity index (χ3n) is 6.39. The summed E-state index contributed by atoms with van der Waals surface area (Å²) in [5.74, 6) is -1.31. The molecule has 3 rings (SSSR count). The van der Waals surface area contributed by atoms with Crippen LogP contribution in [0.1, 0.15) is 51.8 Å². The molecule has 1 unspecified atom stereocenters. The Bertz CT molecular complexity index is 1150. The van der Waals surface area contributed by atoms with Crippen molar-refractivity contribution in [3.05, 3.63) is 69.2 Å². The first kappa shape index (κ1) is 25.6. The number of nitrogens with zero attached hydrogens (tertiary/aromatic N) is 1. The molecule has 0 bridgehead atoms. The van der Waals surface area contributed by atoms with Crippen LogP contribution in [0.4, 0.5) is 19.3 Å². The van der Waals surface area contributed by atoms with Crippen LogP contribution in [0.25, 0.3) is 0 Å². The van der Waals surface area contributed by atoms with Crippen LogP contribution in [0.3, 0.4) is 0 Å². The molecule has 2 aromatic rings. The van der Waals surface area contributed by atoms with E-state index in [1.807, 2.05) is 13.8 Å². The number of carbonyl (C=O) groups excluding carboxylic acids is 1. The van der Waals surface area contributed by atoms with E-state index >= 15 is 0 Å². The fraction of sp³-hybridized carbons (Fsp3) is 0.462. The Hall–Kier alpha value is -3.00. The maximum absolute atomic E-state index is 14.0. The van der Waals surface area contributed by atoms with E-state index in [-0.39, 0.29) is 34.9 Å². The summed E-state index contributed by atoms with van der Waals surface area (Å²) < 4.78 is 34.3. The number of fused-ring (bicyclic) bond motifs is 1. The van der Waals surface area contributed by atoms with Gasteiger partial charge in [-0.25, -0.2) is 13.6 Å². The Morgan fingerprint density at radius 1 is 1.29 bits per heavy atom. The molecule has 1 aromatic carbocycles. The van der Waals surface area contributed by atoms with Crippen LogP contribution in [0, 0.1) is 23.0 Å². The maximum Gasteiger partial charge on any atom is 0.417 e. The first-order chi connectivity index (χ1) is 16.0. The van der Waals surface area contributed by atoms with E-state index in [0.717, 1.165) is 29.8 Å². The molecule has 6 nitrogen and oxygen atoms in total. The average Bonchev–Trinajstić information content (AvgIpc) is 2.73. The van der Waals surface area contributed by atoms with E-state index in [0.29, 0.717) is 31.9 Å². The van der Waals surface area contributed by atoms with Crippen molar-refractivity contribution >= 4 is 11.8 Å². The minimum absolute atomic E-state index is 0.0440. The van der Waals surface area contributed by atoms with Gasteiger partial charge in [-0.1, -0.05) is 25.5 Å². The summed E-state index contributed by atoms with van der Waals surface area (Å²) in [5, 5.41) is 11.6. The fourth-order valence-corrected chi connectivity index (χ4v) is 4.41. The zero-order valence-corrected chi connectivity index (χ0v) is 20.1. The topological polar surface area (TPSA) is 80.6 Å². The predicted molar refractivity (Wildman–Crippen MR) is 127 cm³/mol. The highest BCUT2D eigenvalue weighted by molar-refractivity contribution is 5.86. The van der Waals surface area contributed by atoms with Crippen LogP contribution in [0.15, 0.2) is 40.7 Å². The van der Waals surface area contributed by atoms with E-state index in [1.54, 1.807) is 4.57 Å². The molecule has 2 N–H and O–H groups in total. The number of nitrogens with one attached hydrogen (secondary N) is 1. The second-order valence-electron chi connectivity index (χ2n) is 9.72. The number of aliphatic hydroxyl groups excluding tert-OH is 1. The molecule has 1 aliphatic carbocycles. The van der Waals surface area contributed by atoms with Gasteiger partial charge in [0.1, 0.15) is 17.4 Å². The zero-order valence-electron chi connectivity index (χ0n) is 20.1. The highest BCUT2D eigenvalue weighted by Crippen LogP contribution is 2.44. The maximum atomic E-state index is 14.0. The van der Waals surface area contributed by atoms with Crippen molar-refractivity contribution in [3.63, 3.8) is 0 Å². The quantitative estimate of drug-likeness (QED) is 0.540. The number of pyridine rings is 1. The first-order valence-electron chi connectivity index (χ1n) is 11.5. The molecule has 1 aliphatic rings. The molecule has 0 saturated carbocycles. The SMILES string of the molecule is CC(C)=CCC1Cc2c(OC(=O)Nc3ccc(F)cc3F)cc(=O)n(CCCO)c2CC1(C)C. The number of halogens is 2. The Morgan fingerprint density at radius 3 is 2.68 bits per heavy atom. The van der Waals surface area contributed by atoms with E-state index in [4.69, 9.17) is 4.74 Å². The summed E-state index contributed by atoms with van der Waals surface area (Å²) in [7, 11) is 0. The van der Waals surface area contributed by atoms with Crippen molar-refractivity contribution in [1.29, 1.82) is 0 Å². The van der Waals surface area contributed by atoms with Crippen LogP contribution in [-0.4, -0.2) is 22.4 Å². The second-order valence-corrected chi connectivity index (χ2v) is 9.72. The number of hydrogen-bond donors (Lipinski definition) is 2. The largest absolute Gasteiger partial charge is 0.417 e. The molecule has 184 valence electrons. The van der Waals surface area contributed by atoms with Crippen LogP contribution < -0.4 is 15.6 Å². The van der Waals surface area contributed by atoms with Crippen molar-refractivity contribution in [3.8, 4) is 5.75 Å². The van der Waals surface area contributed by atoms with Gasteiger partial charge in [0.2, 0.25) is 0 Å². The molecule has 34 heavy (non-hydrogen) atoms. The van der Waals surface area contributed by atoms with E-state index in [9.17, 15) is 23.5 Å². The predicted octanol–water partition coefficient (Wildman–Crippen LogP) is 5.22. The molecule has 1 heterocycles. The molecule has 0 radical (unpaired) electrons. The van der Waals surface area contributed by atoms with Gasteiger partial charge in [-0.05, 0) is 63.0 Å². The van der Waals surface area contributed by atoms with E-state index in [1.165, 1.54) is 11.6 Å². The highest BCUT2D eigenvalue weighted by atomic mass is 19.1. The normalized spacial score (nSPS) is 16.5. The van der Waals surface area contributed by atoms with Crippen molar-refractivity contribution in [1.82, 2.24) is 4.57 Å². The molecule has 0 fully saturated rings. The molecule has 1 amide bonds. The van der Waals surface area contributed by atoms with Gasteiger partial charge in [-0.3, -0.25) is 10.1 Å². The number of aliphatic hydroxyl groups is 1. The average molecular weight is 475 g/mol. The van der Waals surface area contributed by atoms with Gasteiger partial charge in [-0.2, -0.15) is 0 Å². The Morgan fingerprint density at radius 2 is 2.03 bits per heavy atom. The lowest BCUT2D eigenvalue weighted by Gasteiger charge is -2.41. The number of rotatable bonds is 7.